The summed E-state index contributed by atoms with van der Waals surface area (Å²) in [5.74, 6) is 0. The number of likely N-dealkylation sites (N-methyl/N-ethyl adjacent to an activating group) is 1. The van der Waals surface area contributed by atoms with Crippen molar-refractivity contribution in [3.63, 3.8) is 0 Å². The van der Waals surface area contributed by atoms with E-state index in [4.69, 9.17) is 4.74 Å². The molecule has 0 aromatic heterocycles. The van der Waals surface area contributed by atoms with Crippen molar-refractivity contribution in [2.75, 3.05) is 20.2 Å². The lowest BCUT2D eigenvalue weighted by Gasteiger charge is -2.38. The Kier molecular flexibility index (Phi) is 2.76. The van der Waals surface area contributed by atoms with Crippen molar-refractivity contribution >= 4 is 0 Å². The molecule has 0 bridgehead atoms. The summed E-state index contributed by atoms with van der Waals surface area (Å²) in [6.07, 6.45) is 1.38. The molecule has 0 radical (unpaired) electrons. The van der Waals surface area contributed by atoms with Crippen LogP contribution in [0.5, 0.6) is 0 Å². The van der Waals surface area contributed by atoms with E-state index in [9.17, 15) is 0 Å². The van der Waals surface area contributed by atoms with Crippen LogP contribution >= 0.6 is 0 Å². The quantitative estimate of drug-likeness (QED) is 0.696. The number of nitrogens with zero attached hydrogens (tertiary/aromatic N) is 1. The van der Waals surface area contributed by atoms with Gasteiger partial charge in [-0.05, 0) is 41.1 Å². The van der Waals surface area contributed by atoms with Crippen molar-refractivity contribution in [2.45, 2.75) is 45.3 Å². The summed E-state index contributed by atoms with van der Waals surface area (Å²) in [6, 6.07) is 4.82. The standard InChI is InChI=1S/C16H23NO/c1-16(2,3)13-7-11-5-6-18-14-10-17(4)9-12(8-13)15(11)14/h7-8,14H,5-6,9-10H2,1-4H3. The van der Waals surface area contributed by atoms with Crippen LogP contribution in [-0.2, 0) is 23.1 Å². The Hall–Kier alpha value is -0.860. The van der Waals surface area contributed by atoms with Crippen molar-refractivity contribution in [1.82, 2.24) is 4.90 Å². The van der Waals surface area contributed by atoms with Crippen LogP contribution in [0.3, 0.4) is 0 Å². The van der Waals surface area contributed by atoms with Gasteiger partial charge in [0, 0.05) is 13.1 Å². The van der Waals surface area contributed by atoms with Crippen LogP contribution in [-0.4, -0.2) is 25.1 Å². The van der Waals surface area contributed by atoms with Gasteiger partial charge in [0.05, 0.1) is 12.7 Å². The Morgan fingerprint density at radius 3 is 2.67 bits per heavy atom. The lowest BCUT2D eigenvalue weighted by Crippen LogP contribution is -2.35. The SMILES string of the molecule is CN1Cc2cc(C(C)(C)C)cc3c2C(C1)OCC3. The molecule has 18 heavy (non-hydrogen) atoms. The van der Waals surface area contributed by atoms with Gasteiger partial charge in [0.25, 0.3) is 0 Å². The highest BCUT2D eigenvalue weighted by Crippen LogP contribution is 2.38. The second-order valence-corrected chi connectivity index (χ2v) is 6.76. The Morgan fingerprint density at radius 2 is 1.94 bits per heavy atom. The molecule has 2 nitrogen and oxygen atoms in total. The van der Waals surface area contributed by atoms with E-state index in [-0.39, 0.29) is 5.41 Å². The summed E-state index contributed by atoms with van der Waals surface area (Å²) >= 11 is 0. The predicted octanol–water partition coefficient (Wildman–Crippen LogP) is 3.04. The first-order chi connectivity index (χ1) is 8.45. The van der Waals surface area contributed by atoms with E-state index in [0.717, 1.165) is 26.1 Å². The van der Waals surface area contributed by atoms with Crippen LogP contribution in [0.1, 0.15) is 49.1 Å². The molecule has 1 aromatic rings. The van der Waals surface area contributed by atoms with Crippen LogP contribution in [0.15, 0.2) is 12.1 Å². The van der Waals surface area contributed by atoms with Crippen molar-refractivity contribution in [2.24, 2.45) is 0 Å². The minimum absolute atomic E-state index is 0.231. The second-order valence-electron chi connectivity index (χ2n) is 6.76. The van der Waals surface area contributed by atoms with Crippen molar-refractivity contribution < 1.29 is 4.74 Å². The fraction of sp³-hybridized carbons (Fsp3) is 0.625. The molecule has 0 amide bonds. The van der Waals surface area contributed by atoms with Crippen LogP contribution < -0.4 is 0 Å². The van der Waals surface area contributed by atoms with E-state index >= 15 is 0 Å². The molecule has 2 aliphatic rings. The summed E-state index contributed by atoms with van der Waals surface area (Å²) in [6.45, 7) is 9.86. The molecular formula is C16H23NO. The summed E-state index contributed by atoms with van der Waals surface area (Å²) in [5, 5.41) is 0. The highest BCUT2D eigenvalue weighted by Gasteiger charge is 2.31. The number of benzene rings is 1. The fourth-order valence-corrected chi connectivity index (χ4v) is 3.14. The maximum absolute atomic E-state index is 5.94. The van der Waals surface area contributed by atoms with Crippen LogP contribution in [0, 0.1) is 0 Å². The molecule has 2 heterocycles. The third-order valence-corrected chi connectivity index (χ3v) is 4.15. The van der Waals surface area contributed by atoms with Crippen molar-refractivity contribution in [1.29, 1.82) is 0 Å². The average molecular weight is 245 g/mol. The molecule has 1 aromatic carbocycles. The normalized spacial score (nSPS) is 23.9. The van der Waals surface area contributed by atoms with Gasteiger partial charge in [-0.25, -0.2) is 0 Å². The average Bonchev–Trinajstić information content (AvgIpc) is 2.27. The lowest BCUT2D eigenvalue weighted by atomic mass is 9.80. The number of ether oxygens (including phenoxy) is 1. The zero-order valence-electron chi connectivity index (χ0n) is 11.9. The van der Waals surface area contributed by atoms with Crippen molar-refractivity contribution in [3.05, 3.63) is 34.4 Å². The topological polar surface area (TPSA) is 12.5 Å². The molecule has 1 unspecified atom stereocenters. The summed E-state index contributed by atoms with van der Waals surface area (Å²) < 4.78 is 5.94. The van der Waals surface area contributed by atoms with E-state index in [2.05, 4.69) is 44.9 Å². The smallest absolute Gasteiger partial charge is 0.0957 e. The number of hydrogen-bond acceptors (Lipinski definition) is 2. The largest absolute Gasteiger partial charge is 0.372 e. The van der Waals surface area contributed by atoms with Gasteiger partial charge in [0.15, 0.2) is 0 Å². The molecule has 0 spiro atoms. The van der Waals surface area contributed by atoms with Gasteiger partial charge in [0.1, 0.15) is 0 Å². The Morgan fingerprint density at radius 1 is 1.22 bits per heavy atom. The first-order valence-electron chi connectivity index (χ1n) is 6.91. The highest BCUT2D eigenvalue weighted by atomic mass is 16.5. The van der Waals surface area contributed by atoms with Gasteiger partial charge in [-0.1, -0.05) is 32.9 Å². The molecule has 0 N–H and O–H groups in total. The third-order valence-electron chi connectivity index (χ3n) is 4.15. The molecule has 0 saturated carbocycles. The van der Waals surface area contributed by atoms with E-state index < -0.39 is 0 Å². The number of rotatable bonds is 0. The zero-order chi connectivity index (χ0) is 12.9. The van der Waals surface area contributed by atoms with Gasteiger partial charge in [-0.2, -0.15) is 0 Å². The van der Waals surface area contributed by atoms with Crippen molar-refractivity contribution in [3.8, 4) is 0 Å². The van der Waals surface area contributed by atoms with Crippen LogP contribution in [0.2, 0.25) is 0 Å². The van der Waals surface area contributed by atoms with Crippen LogP contribution in [0.25, 0.3) is 0 Å². The van der Waals surface area contributed by atoms with Gasteiger partial charge < -0.3 is 4.74 Å². The second kappa shape index (κ2) is 4.07. The highest BCUT2D eigenvalue weighted by molar-refractivity contribution is 5.45. The molecular weight excluding hydrogens is 222 g/mol. The monoisotopic (exact) mass is 245 g/mol. The molecule has 1 atom stereocenters. The zero-order valence-corrected chi connectivity index (χ0v) is 11.9. The molecule has 0 fully saturated rings. The first-order valence-corrected chi connectivity index (χ1v) is 6.91. The van der Waals surface area contributed by atoms with Crippen LogP contribution in [0.4, 0.5) is 0 Å². The summed E-state index contributed by atoms with van der Waals surface area (Å²) in [7, 11) is 2.18. The van der Waals surface area contributed by atoms with Gasteiger partial charge in [0.2, 0.25) is 0 Å². The van der Waals surface area contributed by atoms with Gasteiger partial charge in [-0.15, -0.1) is 0 Å². The number of hydrogen-bond donors (Lipinski definition) is 0. The first kappa shape index (κ1) is 12.2. The Labute approximate surface area is 110 Å². The Balaban J connectivity index is 2.14. The Bertz CT molecular complexity index is 473. The molecule has 98 valence electrons. The fourth-order valence-electron chi connectivity index (χ4n) is 3.14. The molecule has 2 heteroatoms. The van der Waals surface area contributed by atoms with E-state index in [0.29, 0.717) is 6.10 Å². The van der Waals surface area contributed by atoms with E-state index in [1.165, 1.54) is 22.3 Å². The van der Waals surface area contributed by atoms with Gasteiger partial charge in [-0.3, -0.25) is 4.90 Å². The molecule has 2 aliphatic heterocycles. The predicted molar refractivity (Wildman–Crippen MR) is 73.9 cm³/mol. The van der Waals surface area contributed by atoms with Gasteiger partial charge >= 0.3 is 0 Å². The van der Waals surface area contributed by atoms with E-state index in [1.807, 2.05) is 0 Å². The lowest BCUT2D eigenvalue weighted by molar-refractivity contribution is 0.00971. The maximum atomic E-state index is 5.94. The minimum Gasteiger partial charge on any atom is -0.372 e. The third kappa shape index (κ3) is 1.98. The summed E-state index contributed by atoms with van der Waals surface area (Å²) in [5.41, 5.74) is 6.20. The molecule has 0 saturated heterocycles. The van der Waals surface area contributed by atoms with E-state index in [1.54, 1.807) is 0 Å². The maximum Gasteiger partial charge on any atom is 0.0957 e. The minimum atomic E-state index is 0.231. The molecule has 0 aliphatic carbocycles. The summed E-state index contributed by atoms with van der Waals surface area (Å²) in [4.78, 5) is 2.37. The molecule has 3 rings (SSSR count).